The summed E-state index contributed by atoms with van der Waals surface area (Å²) in [6.07, 6.45) is 7.64. The molecule has 3 heterocycles. The number of carbonyl (C=O) groups is 1. The van der Waals surface area contributed by atoms with E-state index in [2.05, 4.69) is 15.2 Å². The largest absolute Gasteiger partial charge is 0.478 e. The first-order valence-electron chi connectivity index (χ1n) is 11.1. The molecule has 3 aromatic rings. The number of rotatable bonds is 5. The average molecular weight is 448 g/mol. The highest BCUT2D eigenvalue weighted by atomic mass is 32.1. The van der Waals surface area contributed by atoms with Gasteiger partial charge in [0.15, 0.2) is 5.11 Å². The van der Waals surface area contributed by atoms with Crippen molar-refractivity contribution in [2.24, 2.45) is 0 Å². The smallest absolute Gasteiger partial charge is 0.336 e. The Hall–Kier alpha value is -3.19. The van der Waals surface area contributed by atoms with Crippen LogP contribution in [-0.4, -0.2) is 32.1 Å². The van der Waals surface area contributed by atoms with Crippen molar-refractivity contribution >= 4 is 23.3 Å². The summed E-state index contributed by atoms with van der Waals surface area (Å²) in [5.41, 5.74) is 1.69. The van der Waals surface area contributed by atoms with E-state index in [0.717, 1.165) is 29.4 Å². The zero-order valence-corrected chi connectivity index (χ0v) is 18.4. The molecular weight excluding hydrogens is 422 g/mol. The van der Waals surface area contributed by atoms with Gasteiger partial charge in [-0.05, 0) is 55.4 Å². The van der Waals surface area contributed by atoms with E-state index in [1.807, 2.05) is 36.4 Å². The molecule has 0 amide bonds. The Labute approximate surface area is 192 Å². The quantitative estimate of drug-likeness (QED) is 0.511. The summed E-state index contributed by atoms with van der Waals surface area (Å²) < 4.78 is 6.33. The first-order valence-corrected chi connectivity index (χ1v) is 11.5. The Morgan fingerprint density at radius 3 is 2.59 bits per heavy atom. The lowest BCUT2D eigenvalue weighted by Crippen LogP contribution is -2.40. The van der Waals surface area contributed by atoms with Crippen molar-refractivity contribution in [3.63, 3.8) is 0 Å². The minimum Gasteiger partial charge on any atom is -0.478 e. The Bertz CT molecular complexity index is 1120. The molecule has 7 heteroatoms. The number of carboxylic acid groups (broad SMARTS) is 1. The van der Waals surface area contributed by atoms with Crippen LogP contribution in [0.3, 0.4) is 0 Å². The van der Waals surface area contributed by atoms with E-state index < -0.39 is 5.97 Å². The summed E-state index contributed by atoms with van der Waals surface area (Å²) in [5.74, 6) is 0.324. The molecule has 1 aromatic carbocycles. The number of furan rings is 1. The van der Waals surface area contributed by atoms with Crippen molar-refractivity contribution in [2.75, 3.05) is 0 Å². The van der Waals surface area contributed by atoms with E-state index in [-0.39, 0.29) is 17.6 Å². The Morgan fingerprint density at radius 2 is 1.84 bits per heavy atom. The zero-order valence-electron chi connectivity index (χ0n) is 17.6. The molecule has 2 aliphatic rings. The number of hydrogen-bond donors (Lipinski definition) is 2. The molecule has 2 fully saturated rings. The van der Waals surface area contributed by atoms with E-state index >= 15 is 0 Å². The Morgan fingerprint density at radius 1 is 1.06 bits per heavy atom. The van der Waals surface area contributed by atoms with Crippen molar-refractivity contribution in [3.05, 3.63) is 77.8 Å². The van der Waals surface area contributed by atoms with Gasteiger partial charge < -0.3 is 19.7 Å². The van der Waals surface area contributed by atoms with Gasteiger partial charge in [0.1, 0.15) is 17.6 Å². The van der Waals surface area contributed by atoms with Crippen LogP contribution in [0.25, 0.3) is 11.3 Å². The van der Waals surface area contributed by atoms with Gasteiger partial charge in [-0.15, -0.1) is 0 Å². The first kappa shape index (κ1) is 20.7. The van der Waals surface area contributed by atoms with E-state index in [0.29, 0.717) is 17.4 Å². The number of hydrogen-bond acceptors (Lipinski definition) is 4. The topological polar surface area (TPSA) is 78.6 Å². The third-order valence-electron chi connectivity index (χ3n) is 6.44. The SMILES string of the molecule is O=C(O)c1ccccc1-c1ccc([C@@H]2[C@@H](c3ccccn3)NC(=S)N2C2CCCCC2)o1. The molecule has 2 aromatic heterocycles. The van der Waals surface area contributed by atoms with Crippen LogP contribution in [0.4, 0.5) is 0 Å². The fourth-order valence-electron chi connectivity index (χ4n) is 4.96. The van der Waals surface area contributed by atoms with Gasteiger partial charge in [0, 0.05) is 17.8 Å². The molecule has 2 N–H and O–H groups in total. The number of thiocarbonyl (C=S) groups is 1. The molecule has 0 spiro atoms. The maximum atomic E-state index is 11.7. The summed E-state index contributed by atoms with van der Waals surface area (Å²) in [7, 11) is 0. The molecule has 0 unspecified atom stereocenters. The monoisotopic (exact) mass is 447 g/mol. The van der Waals surface area contributed by atoms with Crippen LogP contribution in [0.15, 0.2) is 65.2 Å². The predicted molar refractivity (Wildman–Crippen MR) is 125 cm³/mol. The molecule has 2 atom stereocenters. The lowest BCUT2D eigenvalue weighted by atomic mass is 9.92. The number of aromatic carboxylic acids is 1. The minimum atomic E-state index is -0.975. The van der Waals surface area contributed by atoms with Gasteiger partial charge in [-0.2, -0.15) is 0 Å². The highest BCUT2D eigenvalue weighted by molar-refractivity contribution is 7.80. The van der Waals surface area contributed by atoms with Crippen LogP contribution in [-0.2, 0) is 0 Å². The second-order valence-corrected chi connectivity index (χ2v) is 8.77. The third-order valence-corrected chi connectivity index (χ3v) is 6.77. The standard InChI is InChI=1S/C25H25N3O3S/c29-24(30)18-11-5-4-10-17(18)20-13-14-21(31-20)23-22(19-12-6-7-15-26-19)27-25(32)28(23)16-8-2-1-3-9-16/h4-7,10-16,22-23H,1-3,8-9H2,(H,27,32)(H,29,30)/t22-,23-/m1/s1. The van der Waals surface area contributed by atoms with Gasteiger partial charge >= 0.3 is 5.97 Å². The number of pyridine rings is 1. The maximum absolute atomic E-state index is 11.7. The van der Waals surface area contributed by atoms with Gasteiger partial charge in [0.2, 0.25) is 0 Å². The van der Waals surface area contributed by atoms with Crippen molar-refractivity contribution < 1.29 is 14.3 Å². The molecule has 32 heavy (non-hydrogen) atoms. The number of carboxylic acids is 1. The van der Waals surface area contributed by atoms with E-state index in [4.69, 9.17) is 16.6 Å². The first-order chi connectivity index (χ1) is 15.6. The second-order valence-electron chi connectivity index (χ2n) is 8.38. The summed E-state index contributed by atoms with van der Waals surface area (Å²) in [4.78, 5) is 18.6. The summed E-state index contributed by atoms with van der Waals surface area (Å²) in [5, 5.41) is 13.8. The molecule has 1 aliphatic carbocycles. The van der Waals surface area contributed by atoms with Crippen LogP contribution in [0, 0.1) is 0 Å². The average Bonchev–Trinajstić information content (AvgIpc) is 3.44. The normalized spacial score (nSPS) is 21.5. The molecule has 0 radical (unpaired) electrons. The highest BCUT2D eigenvalue weighted by Crippen LogP contribution is 2.43. The Kier molecular flexibility index (Phi) is 5.66. The second kappa shape index (κ2) is 8.74. The lowest BCUT2D eigenvalue weighted by Gasteiger charge is -2.36. The van der Waals surface area contributed by atoms with Gasteiger partial charge in [-0.1, -0.05) is 43.5 Å². The van der Waals surface area contributed by atoms with Crippen molar-refractivity contribution in [3.8, 4) is 11.3 Å². The summed E-state index contributed by atoms with van der Waals surface area (Å²) >= 11 is 5.80. The molecule has 164 valence electrons. The molecule has 6 nitrogen and oxygen atoms in total. The molecular formula is C25H25N3O3S. The van der Waals surface area contributed by atoms with Crippen molar-refractivity contribution in [2.45, 2.75) is 50.2 Å². The van der Waals surface area contributed by atoms with Crippen LogP contribution < -0.4 is 5.32 Å². The van der Waals surface area contributed by atoms with Gasteiger partial charge in [0.05, 0.1) is 17.3 Å². The summed E-state index contributed by atoms with van der Waals surface area (Å²) in [6, 6.07) is 16.7. The fraction of sp³-hybridized carbons (Fsp3) is 0.320. The maximum Gasteiger partial charge on any atom is 0.336 e. The van der Waals surface area contributed by atoms with Crippen LogP contribution >= 0.6 is 12.2 Å². The molecule has 0 bridgehead atoms. The van der Waals surface area contributed by atoms with Crippen LogP contribution in [0.1, 0.15) is 66.0 Å². The molecule has 1 aliphatic heterocycles. The zero-order chi connectivity index (χ0) is 22.1. The van der Waals surface area contributed by atoms with Crippen molar-refractivity contribution in [1.29, 1.82) is 0 Å². The number of aromatic nitrogens is 1. The van der Waals surface area contributed by atoms with Gasteiger partial charge in [-0.25, -0.2) is 4.79 Å². The van der Waals surface area contributed by atoms with Gasteiger partial charge in [0.25, 0.3) is 0 Å². The van der Waals surface area contributed by atoms with Crippen molar-refractivity contribution in [1.82, 2.24) is 15.2 Å². The van der Waals surface area contributed by atoms with E-state index in [1.165, 1.54) is 19.3 Å². The number of benzene rings is 1. The third kappa shape index (κ3) is 3.77. The fourth-order valence-corrected chi connectivity index (χ4v) is 5.35. The molecule has 5 rings (SSSR count). The Balaban J connectivity index is 1.56. The van der Waals surface area contributed by atoms with Gasteiger partial charge in [-0.3, -0.25) is 4.98 Å². The molecule has 1 saturated heterocycles. The minimum absolute atomic E-state index is 0.139. The van der Waals surface area contributed by atoms with E-state index in [1.54, 1.807) is 24.4 Å². The molecule has 1 saturated carbocycles. The lowest BCUT2D eigenvalue weighted by molar-refractivity contribution is 0.0697. The highest BCUT2D eigenvalue weighted by Gasteiger charge is 2.44. The van der Waals surface area contributed by atoms with E-state index in [9.17, 15) is 9.90 Å². The number of nitrogens with one attached hydrogen (secondary N) is 1. The number of nitrogens with zero attached hydrogens (tertiary/aromatic N) is 2. The predicted octanol–water partition coefficient (Wildman–Crippen LogP) is 5.35. The van der Waals surface area contributed by atoms with Crippen LogP contribution in [0.2, 0.25) is 0 Å². The van der Waals surface area contributed by atoms with Crippen LogP contribution in [0.5, 0.6) is 0 Å². The summed E-state index contributed by atoms with van der Waals surface area (Å²) in [6.45, 7) is 0.